The maximum Gasteiger partial charge on any atom is 0.219 e. The van der Waals surface area contributed by atoms with Crippen molar-refractivity contribution in [1.29, 1.82) is 0 Å². The Hall–Kier alpha value is -4.64. The van der Waals surface area contributed by atoms with Gasteiger partial charge in [-0.25, -0.2) is 4.98 Å². The van der Waals surface area contributed by atoms with E-state index in [2.05, 4.69) is 69.6 Å². The smallest absolute Gasteiger partial charge is 0.219 e. The van der Waals surface area contributed by atoms with E-state index in [4.69, 9.17) is 12.5 Å². The van der Waals surface area contributed by atoms with Crippen LogP contribution in [0.3, 0.4) is 0 Å². The largest absolute Gasteiger partial charge is 0.506 e. The van der Waals surface area contributed by atoms with Crippen molar-refractivity contribution in [3.63, 3.8) is 0 Å². The van der Waals surface area contributed by atoms with Gasteiger partial charge in [-0.1, -0.05) is 96.1 Å². The second kappa shape index (κ2) is 10.8. The molecule has 5 heteroatoms. The van der Waals surface area contributed by atoms with Crippen molar-refractivity contribution in [2.45, 2.75) is 77.2 Å². The van der Waals surface area contributed by atoms with E-state index in [1.165, 1.54) is 11.1 Å². The topological polar surface area (TPSA) is 58.0 Å². The molecule has 1 aromatic heterocycles. The number of hydrogen-bond acceptors (Lipinski definition) is 5. The Balaban J connectivity index is 1.37. The Labute approximate surface area is 269 Å². The van der Waals surface area contributed by atoms with Gasteiger partial charge in [-0.3, -0.25) is 4.99 Å². The van der Waals surface area contributed by atoms with Gasteiger partial charge in [0.05, 0.1) is 12.1 Å². The number of amidine groups is 1. The number of aromatic nitrogens is 1. The lowest BCUT2D eigenvalue weighted by Gasteiger charge is -2.36. The highest BCUT2D eigenvalue weighted by molar-refractivity contribution is 6.12. The molecule has 4 aromatic carbocycles. The summed E-state index contributed by atoms with van der Waals surface area (Å²) in [7, 11) is 0. The summed E-state index contributed by atoms with van der Waals surface area (Å²) in [6.07, 6.45) is -1.19. The number of fused-ring (bicyclic) bond motifs is 4. The van der Waals surface area contributed by atoms with Crippen LogP contribution in [0.4, 0.5) is 5.69 Å². The molecule has 0 bridgehead atoms. The first-order valence-corrected chi connectivity index (χ1v) is 15.7. The van der Waals surface area contributed by atoms with Crippen LogP contribution in [0, 0.1) is 0 Å². The van der Waals surface area contributed by atoms with Gasteiger partial charge in [0.1, 0.15) is 22.9 Å². The van der Waals surface area contributed by atoms with Gasteiger partial charge in [0, 0.05) is 25.4 Å². The number of phenolic OH excluding ortho intramolecular Hbond substituents is 1. The zero-order valence-corrected chi connectivity index (χ0v) is 26.8. The first-order valence-electron chi connectivity index (χ1n) is 16.7. The van der Waals surface area contributed by atoms with Crippen LogP contribution in [-0.2, 0) is 17.2 Å². The number of rotatable bonds is 4. The SMILES string of the molecule is [2H]C1([2H])C[C@H]2[C@@H](N=C(c3cccc(Oc4ccc5cccc(O)c5n4)c3)N2c2cc(C(C)(C)C)cc(C(C)(C)C)c2)c2ccccc21. The molecule has 2 heterocycles. The van der Waals surface area contributed by atoms with Gasteiger partial charge in [-0.2, -0.15) is 0 Å². The normalized spacial score (nSPS) is 19.8. The Kier molecular flexibility index (Phi) is 6.39. The predicted molar refractivity (Wildman–Crippen MR) is 184 cm³/mol. The summed E-state index contributed by atoms with van der Waals surface area (Å²) in [4.78, 5) is 12.2. The van der Waals surface area contributed by atoms with Crippen molar-refractivity contribution >= 4 is 22.4 Å². The molecule has 1 aliphatic heterocycles. The average molecular weight is 598 g/mol. The fourth-order valence-corrected chi connectivity index (χ4v) is 6.32. The van der Waals surface area contributed by atoms with Crippen LogP contribution in [-0.4, -0.2) is 22.0 Å². The molecule has 0 radical (unpaired) electrons. The van der Waals surface area contributed by atoms with Gasteiger partial charge in [0.2, 0.25) is 5.88 Å². The lowest BCUT2D eigenvalue weighted by atomic mass is 9.79. The number of benzene rings is 4. The zero-order chi connectivity index (χ0) is 33.3. The molecule has 5 nitrogen and oxygen atoms in total. The second-order valence-electron chi connectivity index (χ2n) is 14.2. The first-order chi connectivity index (χ1) is 22.2. The minimum atomic E-state index is -1.51. The Morgan fingerprint density at radius 1 is 0.822 bits per heavy atom. The monoisotopic (exact) mass is 597 g/mol. The van der Waals surface area contributed by atoms with Crippen LogP contribution in [0.25, 0.3) is 10.9 Å². The fraction of sp³-hybridized carbons (Fsp3) is 0.300. The minimum Gasteiger partial charge on any atom is -0.506 e. The Bertz CT molecular complexity index is 2010. The fourth-order valence-electron chi connectivity index (χ4n) is 6.32. The molecular formula is C40H41N3O2. The maximum absolute atomic E-state index is 10.4. The molecule has 45 heavy (non-hydrogen) atoms. The number of aromatic hydroxyl groups is 1. The number of ether oxygens (including phenoxy) is 1. The molecule has 5 aromatic rings. The summed E-state index contributed by atoms with van der Waals surface area (Å²) in [6, 6.07) is 31.1. The van der Waals surface area contributed by atoms with Gasteiger partial charge in [0.25, 0.3) is 0 Å². The predicted octanol–water partition coefficient (Wildman–Crippen LogP) is 9.65. The van der Waals surface area contributed by atoms with Crippen molar-refractivity contribution in [2.24, 2.45) is 4.99 Å². The lowest BCUT2D eigenvalue weighted by molar-refractivity contribution is 0.459. The molecule has 0 spiro atoms. The van der Waals surface area contributed by atoms with Gasteiger partial charge < -0.3 is 14.7 Å². The van der Waals surface area contributed by atoms with Gasteiger partial charge in [0.15, 0.2) is 0 Å². The van der Waals surface area contributed by atoms with E-state index in [0.717, 1.165) is 28.0 Å². The molecule has 0 saturated carbocycles. The van der Waals surface area contributed by atoms with Crippen molar-refractivity contribution < 1.29 is 12.6 Å². The number of pyridine rings is 1. The van der Waals surface area contributed by atoms with Crippen LogP contribution in [0.1, 0.15) is 84.6 Å². The standard InChI is InChI=1S/C40H41N3O2/c1-39(2,3)28-22-29(40(4,5)6)24-30(23-28)43-33-19-17-25-11-7-8-15-32(25)37(33)42-38(43)27-13-9-14-31(21-27)45-35-20-18-26-12-10-16-34(44)36(26)41-35/h7-16,18,20-24,33,37,44H,17,19H2,1-6H3/t33-,37-/m0/s1/i17D2. The quantitative estimate of drug-likeness (QED) is 0.224. The Morgan fingerprint density at radius 2 is 1.56 bits per heavy atom. The molecule has 2 aliphatic rings. The molecule has 0 fully saturated rings. The van der Waals surface area contributed by atoms with Crippen molar-refractivity contribution in [2.75, 3.05) is 4.90 Å². The molecule has 2 atom stereocenters. The van der Waals surface area contributed by atoms with Crippen molar-refractivity contribution in [3.05, 3.63) is 125 Å². The molecule has 1 aliphatic carbocycles. The number of phenols is 1. The summed E-state index contributed by atoms with van der Waals surface area (Å²) in [5.74, 6) is 1.86. The number of aryl methyl sites for hydroxylation is 1. The van der Waals surface area contributed by atoms with Crippen LogP contribution in [0.2, 0.25) is 0 Å². The summed E-state index contributed by atoms with van der Waals surface area (Å²) in [5, 5.41) is 11.2. The average Bonchev–Trinajstić information content (AvgIpc) is 3.39. The molecular weight excluding hydrogens is 554 g/mol. The second-order valence-corrected chi connectivity index (χ2v) is 14.2. The molecule has 1 N–H and O–H groups in total. The van der Waals surface area contributed by atoms with Gasteiger partial charge in [-0.05, 0) is 82.3 Å². The van der Waals surface area contributed by atoms with E-state index in [1.54, 1.807) is 18.2 Å². The minimum absolute atomic E-state index is 0.0880. The number of para-hydroxylation sites is 1. The van der Waals surface area contributed by atoms with E-state index in [-0.39, 0.29) is 28.7 Å². The molecule has 0 unspecified atom stereocenters. The third-order valence-corrected chi connectivity index (χ3v) is 8.88. The van der Waals surface area contributed by atoms with Crippen LogP contribution < -0.4 is 9.64 Å². The highest BCUT2D eigenvalue weighted by atomic mass is 16.5. The molecule has 228 valence electrons. The molecule has 7 rings (SSSR count). The maximum atomic E-state index is 10.4. The van der Waals surface area contributed by atoms with Crippen molar-refractivity contribution in [1.82, 2.24) is 4.98 Å². The summed E-state index contributed by atoms with van der Waals surface area (Å²) in [6.45, 7) is 13.4. The van der Waals surface area contributed by atoms with Crippen LogP contribution >= 0.6 is 0 Å². The van der Waals surface area contributed by atoms with E-state index >= 15 is 0 Å². The number of nitrogens with zero attached hydrogens (tertiary/aromatic N) is 3. The van der Waals surface area contributed by atoms with E-state index in [1.807, 2.05) is 60.7 Å². The van der Waals surface area contributed by atoms with Crippen LogP contribution in [0.15, 0.2) is 102 Å². The summed E-state index contributed by atoms with van der Waals surface area (Å²) >= 11 is 0. The summed E-state index contributed by atoms with van der Waals surface area (Å²) < 4.78 is 24.5. The highest BCUT2D eigenvalue weighted by Crippen LogP contribution is 2.45. The number of hydrogen-bond donors (Lipinski definition) is 1. The lowest BCUT2D eigenvalue weighted by Crippen LogP contribution is -2.40. The van der Waals surface area contributed by atoms with E-state index < -0.39 is 6.37 Å². The molecule has 0 amide bonds. The third-order valence-electron chi connectivity index (χ3n) is 8.88. The number of aliphatic imine (C=N–C) groups is 1. The first kappa shape index (κ1) is 26.7. The number of anilines is 1. The van der Waals surface area contributed by atoms with Gasteiger partial charge >= 0.3 is 0 Å². The Morgan fingerprint density at radius 3 is 2.31 bits per heavy atom. The van der Waals surface area contributed by atoms with E-state index in [0.29, 0.717) is 29.1 Å². The third kappa shape index (κ3) is 5.45. The zero-order valence-electron chi connectivity index (χ0n) is 28.8. The molecule has 0 saturated heterocycles. The van der Waals surface area contributed by atoms with Crippen LogP contribution in [0.5, 0.6) is 17.4 Å². The highest BCUT2D eigenvalue weighted by Gasteiger charge is 2.42. The van der Waals surface area contributed by atoms with Crippen molar-refractivity contribution in [3.8, 4) is 17.4 Å². The van der Waals surface area contributed by atoms with E-state index in [9.17, 15) is 5.11 Å². The summed E-state index contributed by atoms with van der Waals surface area (Å²) in [5.41, 5.74) is 6.30. The van der Waals surface area contributed by atoms with Gasteiger partial charge in [-0.15, -0.1) is 0 Å².